The Balaban J connectivity index is 1.37. The third-order valence-electron chi connectivity index (χ3n) is 5.19. The number of aromatic nitrogens is 2. The predicted molar refractivity (Wildman–Crippen MR) is 98.1 cm³/mol. The summed E-state index contributed by atoms with van der Waals surface area (Å²) < 4.78 is 1.77. The number of fused-ring (bicyclic) bond motifs is 1. The molecule has 4 amide bonds. The second-order valence-corrected chi connectivity index (χ2v) is 7.52. The van der Waals surface area contributed by atoms with Crippen LogP contribution >= 0.6 is 11.6 Å². The van der Waals surface area contributed by atoms with Gasteiger partial charge in [-0.2, -0.15) is 0 Å². The van der Waals surface area contributed by atoms with Crippen LogP contribution in [0.5, 0.6) is 0 Å². The molecule has 142 valence electrons. The summed E-state index contributed by atoms with van der Waals surface area (Å²) in [5, 5.41) is 6.10. The lowest BCUT2D eigenvalue weighted by molar-refractivity contribution is -0.135. The molecule has 1 aliphatic carbocycles. The molecule has 0 unspecified atom stereocenters. The van der Waals surface area contributed by atoms with E-state index in [4.69, 9.17) is 11.6 Å². The van der Waals surface area contributed by atoms with Crippen molar-refractivity contribution in [3.8, 4) is 0 Å². The zero-order valence-corrected chi connectivity index (χ0v) is 15.5. The third-order valence-corrected chi connectivity index (χ3v) is 5.41. The smallest absolute Gasteiger partial charge is 0.325 e. The molecule has 8 nitrogen and oxygen atoms in total. The average Bonchev–Trinajstić information content (AvgIpc) is 3.14. The maximum atomic E-state index is 12.7. The molecule has 1 spiro atoms. The molecule has 0 radical (unpaired) electrons. The third kappa shape index (κ3) is 3.37. The van der Waals surface area contributed by atoms with E-state index in [1.807, 2.05) is 0 Å². The average molecular weight is 390 g/mol. The second kappa shape index (κ2) is 6.84. The largest absolute Gasteiger partial charge is 0.349 e. The number of carbonyl (C=O) groups excluding carboxylic acids is 3. The Kier molecular flexibility index (Phi) is 4.51. The van der Waals surface area contributed by atoms with E-state index in [0.29, 0.717) is 23.6 Å². The number of hydrogen-bond donors (Lipinski definition) is 2. The number of imidazole rings is 1. The summed E-state index contributed by atoms with van der Waals surface area (Å²) in [6, 6.07) is 3.04. The van der Waals surface area contributed by atoms with Crippen LogP contribution < -0.4 is 10.6 Å². The Labute approximate surface area is 160 Å². The molecule has 3 heterocycles. The summed E-state index contributed by atoms with van der Waals surface area (Å²) in [5.74, 6) is -0.689. The lowest BCUT2D eigenvalue weighted by Gasteiger charge is -2.30. The van der Waals surface area contributed by atoms with Gasteiger partial charge in [0.1, 0.15) is 17.7 Å². The Bertz CT molecular complexity index is 919. The van der Waals surface area contributed by atoms with Gasteiger partial charge in [0.25, 0.3) is 5.91 Å². The maximum Gasteiger partial charge on any atom is 0.325 e. The van der Waals surface area contributed by atoms with Gasteiger partial charge < -0.3 is 15.0 Å². The Morgan fingerprint density at radius 2 is 2.00 bits per heavy atom. The first-order valence-corrected chi connectivity index (χ1v) is 9.39. The summed E-state index contributed by atoms with van der Waals surface area (Å²) >= 11 is 5.95. The van der Waals surface area contributed by atoms with Crippen molar-refractivity contribution in [3.63, 3.8) is 0 Å². The highest BCUT2D eigenvalue weighted by Gasteiger charge is 2.51. The number of amides is 4. The standard InChI is InChI=1S/C18H20ClN5O3/c19-12-4-5-14-21-13(10-23(14)9-12)8-20-15(25)11-24-16(26)18(22-17(24)27)6-2-1-3-7-18/h4-5,9-10H,1-3,6-8,11H2,(H,20,25)(H,22,27). The summed E-state index contributed by atoms with van der Waals surface area (Å²) in [7, 11) is 0. The number of urea groups is 1. The Hall–Kier alpha value is -2.61. The fraction of sp³-hybridized carbons (Fsp3) is 0.444. The number of nitrogens with one attached hydrogen (secondary N) is 2. The molecule has 2 fully saturated rings. The molecule has 4 rings (SSSR count). The fourth-order valence-electron chi connectivity index (χ4n) is 3.81. The lowest BCUT2D eigenvalue weighted by Crippen LogP contribution is -2.49. The summed E-state index contributed by atoms with van der Waals surface area (Å²) in [4.78, 5) is 42.6. The monoisotopic (exact) mass is 389 g/mol. The molecule has 1 aliphatic heterocycles. The molecule has 2 N–H and O–H groups in total. The van der Waals surface area contributed by atoms with Crippen molar-refractivity contribution < 1.29 is 14.4 Å². The Morgan fingerprint density at radius 3 is 2.78 bits per heavy atom. The highest BCUT2D eigenvalue weighted by molar-refractivity contribution is 6.30. The van der Waals surface area contributed by atoms with Crippen LogP contribution in [0.15, 0.2) is 24.5 Å². The summed E-state index contributed by atoms with van der Waals surface area (Å²) in [6.07, 6.45) is 7.65. The van der Waals surface area contributed by atoms with Crippen molar-refractivity contribution in [3.05, 3.63) is 35.2 Å². The van der Waals surface area contributed by atoms with Crippen molar-refractivity contribution >= 4 is 35.1 Å². The first-order valence-electron chi connectivity index (χ1n) is 9.01. The number of carbonyl (C=O) groups is 3. The number of nitrogens with zero attached hydrogens (tertiary/aromatic N) is 3. The Morgan fingerprint density at radius 1 is 1.22 bits per heavy atom. The number of hydrogen-bond acceptors (Lipinski definition) is 4. The quantitative estimate of drug-likeness (QED) is 0.780. The van der Waals surface area contributed by atoms with Crippen molar-refractivity contribution in [2.24, 2.45) is 0 Å². The van der Waals surface area contributed by atoms with Crippen LogP contribution in [0, 0.1) is 0 Å². The van der Waals surface area contributed by atoms with E-state index in [1.165, 1.54) is 0 Å². The van der Waals surface area contributed by atoms with E-state index in [1.54, 1.807) is 28.9 Å². The lowest BCUT2D eigenvalue weighted by atomic mass is 9.82. The highest BCUT2D eigenvalue weighted by Crippen LogP contribution is 2.33. The van der Waals surface area contributed by atoms with Crippen molar-refractivity contribution in [2.75, 3.05) is 6.54 Å². The molecule has 0 atom stereocenters. The van der Waals surface area contributed by atoms with Crippen LogP contribution in [0.4, 0.5) is 4.79 Å². The minimum Gasteiger partial charge on any atom is -0.349 e. The highest BCUT2D eigenvalue weighted by atomic mass is 35.5. The van der Waals surface area contributed by atoms with E-state index >= 15 is 0 Å². The number of rotatable bonds is 4. The SMILES string of the molecule is O=C(CN1C(=O)NC2(CCCCC2)C1=O)NCc1cn2cc(Cl)ccc2n1. The fourth-order valence-corrected chi connectivity index (χ4v) is 3.97. The van der Waals surface area contributed by atoms with Crippen LogP contribution in [0.3, 0.4) is 0 Å². The summed E-state index contributed by atoms with van der Waals surface area (Å²) in [6.45, 7) is -0.0848. The molecule has 0 bridgehead atoms. The van der Waals surface area contributed by atoms with Gasteiger partial charge in [0, 0.05) is 12.4 Å². The minimum absolute atomic E-state index is 0.201. The van der Waals surface area contributed by atoms with Gasteiger partial charge in [0.15, 0.2) is 0 Å². The molecule has 2 aliphatic rings. The molecule has 27 heavy (non-hydrogen) atoms. The first kappa shape index (κ1) is 17.8. The van der Waals surface area contributed by atoms with E-state index in [9.17, 15) is 14.4 Å². The van der Waals surface area contributed by atoms with Crippen LogP contribution in [0.2, 0.25) is 5.02 Å². The topological polar surface area (TPSA) is 95.8 Å². The first-order chi connectivity index (χ1) is 13.0. The zero-order valence-electron chi connectivity index (χ0n) is 14.7. The van der Waals surface area contributed by atoms with Crippen LogP contribution in [-0.2, 0) is 16.1 Å². The number of imide groups is 1. The van der Waals surface area contributed by atoms with Gasteiger partial charge in [-0.15, -0.1) is 0 Å². The van der Waals surface area contributed by atoms with Gasteiger partial charge in [-0.05, 0) is 25.0 Å². The molecule has 1 saturated heterocycles. The maximum absolute atomic E-state index is 12.7. The second-order valence-electron chi connectivity index (χ2n) is 7.09. The van der Waals surface area contributed by atoms with Crippen molar-refractivity contribution in [2.45, 2.75) is 44.2 Å². The molecular formula is C18H20ClN5O3. The van der Waals surface area contributed by atoms with E-state index in [2.05, 4.69) is 15.6 Å². The van der Waals surface area contributed by atoms with Gasteiger partial charge in [-0.1, -0.05) is 30.9 Å². The molecule has 0 aromatic carbocycles. The molecule has 2 aromatic heterocycles. The van der Waals surface area contributed by atoms with Crippen molar-refractivity contribution in [1.29, 1.82) is 0 Å². The van der Waals surface area contributed by atoms with Gasteiger partial charge in [0.05, 0.1) is 17.3 Å². The molecule has 9 heteroatoms. The van der Waals surface area contributed by atoms with Gasteiger partial charge in [0.2, 0.25) is 5.91 Å². The van der Waals surface area contributed by atoms with Crippen molar-refractivity contribution in [1.82, 2.24) is 24.9 Å². The van der Waals surface area contributed by atoms with Crippen LogP contribution in [0.25, 0.3) is 5.65 Å². The predicted octanol–water partition coefficient (Wildman–Crippen LogP) is 1.86. The van der Waals surface area contributed by atoms with E-state index in [0.717, 1.165) is 29.8 Å². The normalized spacial score (nSPS) is 18.9. The summed E-state index contributed by atoms with van der Waals surface area (Å²) in [5.41, 5.74) is 0.569. The molecule has 2 aromatic rings. The van der Waals surface area contributed by atoms with Gasteiger partial charge >= 0.3 is 6.03 Å². The van der Waals surface area contributed by atoms with Gasteiger partial charge in [-0.25, -0.2) is 9.78 Å². The van der Waals surface area contributed by atoms with E-state index in [-0.39, 0.29) is 19.0 Å². The van der Waals surface area contributed by atoms with E-state index < -0.39 is 17.5 Å². The minimum atomic E-state index is -0.809. The number of pyridine rings is 1. The number of halogens is 1. The van der Waals surface area contributed by atoms with Crippen LogP contribution in [0.1, 0.15) is 37.8 Å². The van der Waals surface area contributed by atoms with Crippen LogP contribution in [-0.4, -0.2) is 44.2 Å². The molecular weight excluding hydrogens is 370 g/mol. The zero-order chi connectivity index (χ0) is 19.0. The van der Waals surface area contributed by atoms with Gasteiger partial charge in [-0.3, -0.25) is 14.5 Å². The molecule has 1 saturated carbocycles.